The van der Waals surface area contributed by atoms with E-state index in [0.29, 0.717) is 12.5 Å². The lowest BCUT2D eigenvalue weighted by Gasteiger charge is -2.06. The van der Waals surface area contributed by atoms with E-state index in [4.69, 9.17) is 21.1 Å². The van der Waals surface area contributed by atoms with Crippen LogP contribution in [0.2, 0.25) is 0 Å². The molecule has 0 bridgehead atoms. The molecular formula is C16H15ClN2O2S. The van der Waals surface area contributed by atoms with Gasteiger partial charge in [0.25, 0.3) is 0 Å². The van der Waals surface area contributed by atoms with Crippen molar-refractivity contribution < 1.29 is 9.47 Å². The van der Waals surface area contributed by atoms with E-state index in [1.165, 1.54) is 0 Å². The first-order valence-corrected chi connectivity index (χ1v) is 8.14. The van der Waals surface area contributed by atoms with E-state index in [9.17, 15) is 0 Å². The summed E-state index contributed by atoms with van der Waals surface area (Å²) in [6, 6.07) is 13.6. The van der Waals surface area contributed by atoms with Crippen LogP contribution in [0, 0.1) is 0 Å². The van der Waals surface area contributed by atoms with Gasteiger partial charge < -0.3 is 14.8 Å². The minimum Gasteiger partial charge on any atom is -0.497 e. The van der Waals surface area contributed by atoms with Crippen molar-refractivity contribution in [3.63, 3.8) is 0 Å². The molecule has 114 valence electrons. The number of halogens is 1. The number of nitrogens with zero attached hydrogens (tertiary/aromatic N) is 1. The molecule has 0 unspecified atom stereocenters. The van der Waals surface area contributed by atoms with Crippen LogP contribution in [0.25, 0.3) is 10.2 Å². The number of benzene rings is 2. The van der Waals surface area contributed by atoms with Crippen molar-refractivity contribution in [1.82, 2.24) is 4.98 Å². The van der Waals surface area contributed by atoms with Gasteiger partial charge in [0.2, 0.25) is 0 Å². The average molecular weight is 335 g/mol. The first-order chi connectivity index (χ1) is 10.8. The van der Waals surface area contributed by atoms with Crippen LogP contribution in [0.4, 0.5) is 10.8 Å². The van der Waals surface area contributed by atoms with Gasteiger partial charge in [0.1, 0.15) is 18.1 Å². The van der Waals surface area contributed by atoms with E-state index in [-0.39, 0.29) is 0 Å². The maximum absolute atomic E-state index is 5.60. The van der Waals surface area contributed by atoms with Crippen LogP contribution < -0.4 is 14.8 Å². The molecule has 6 heteroatoms. The second kappa shape index (κ2) is 6.85. The van der Waals surface area contributed by atoms with E-state index >= 15 is 0 Å². The highest BCUT2D eigenvalue weighted by Crippen LogP contribution is 2.31. The Balaban J connectivity index is 1.74. The van der Waals surface area contributed by atoms with Crippen LogP contribution >= 0.6 is 22.9 Å². The standard InChI is InChI=1S/C16H15ClN2O2S/c1-20-13-6-7-15-14(10-13)19-16(22-15)18-11-2-4-12(5-3-11)21-9-8-17/h2-7,10H,8-9H2,1H3,(H,18,19). The average Bonchev–Trinajstić information content (AvgIpc) is 2.95. The normalized spacial score (nSPS) is 10.6. The Labute approximate surface area is 137 Å². The zero-order chi connectivity index (χ0) is 15.4. The molecule has 0 saturated heterocycles. The highest BCUT2D eigenvalue weighted by atomic mass is 35.5. The summed E-state index contributed by atoms with van der Waals surface area (Å²) in [7, 11) is 1.65. The predicted molar refractivity (Wildman–Crippen MR) is 92.1 cm³/mol. The molecule has 0 amide bonds. The van der Waals surface area contributed by atoms with Gasteiger partial charge in [-0.05, 0) is 36.4 Å². The largest absolute Gasteiger partial charge is 0.497 e. The van der Waals surface area contributed by atoms with Crippen LogP contribution in [-0.4, -0.2) is 24.6 Å². The van der Waals surface area contributed by atoms with Gasteiger partial charge in [0.05, 0.1) is 23.2 Å². The third-order valence-corrected chi connectivity index (χ3v) is 4.15. The summed E-state index contributed by atoms with van der Waals surface area (Å²) >= 11 is 7.20. The van der Waals surface area contributed by atoms with Crippen LogP contribution in [0.1, 0.15) is 0 Å². The minimum absolute atomic E-state index is 0.481. The van der Waals surface area contributed by atoms with E-state index in [2.05, 4.69) is 10.3 Å². The number of nitrogens with one attached hydrogen (secondary N) is 1. The fourth-order valence-corrected chi connectivity index (χ4v) is 2.95. The quantitative estimate of drug-likeness (QED) is 0.665. The topological polar surface area (TPSA) is 43.4 Å². The first kappa shape index (κ1) is 14.9. The van der Waals surface area contributed by atoms with Crippen molar-refractivity contribution in [2.24, 2.45) is 0 Å². The molecule has 2 aromatic carbocycles. The number of hydrogen-bond acceptors (Lipinski definition) is 5. The number of anilines is 2. The van der Waals surface area contributed by atoms with Crippen molar-refractivity contribution in [3.05, 3.63) is 42.5 Å². The number of hydrogen-bond donors (Lipinski definition) is 1. The lowest BCUT2D eigenvalue weighted by molar-refractivity contribution is 0.343. The maximum Gasteiger partial charge on any atom is 0.188 e. The monoisotopic (exact) mass is 334 g/mol. The number of ether oxygens (including phenoxy) is 2. The molecule has 0 atom stereocenters. The summed E-state index contributed by atoms with van der Waals surface area (Å²) in [6.07, 6.45) is 0. The molecule has 0 spiro atoms. The lowest BCUT2D eigenvalue weighted by Crippen LogP contribution is -1.97. The Hall–Kier alpha value is -1.98. The lowest BCUT2D eigenvalue weighted by atomic mass is 10.3. The van der Waals surface area contributed by atoms with Crippen molar-refractivity contribution in [3.8, 4) is 11.5 Å². The number of methoxy groups -OCH3 is 1. The van der Waals surface area contributed by atoms with Crippen LogP contribution in [0.3, 0.4) is 0 Å². The molecule has 1 heterocycles. The molecule has 1 aromatic heterocycles. The van der Waals surface area contributed by atoms with Crippen LogP contribution in [0.5, 0.6) is 11.5 Å². The molecule has 3 aromatic rings. The van der Waals surface area contributed by atoms with Gasteiger partial charge in [-0.2, -0.15) is 0 Å². The van der Waals surface area contributed by atoms with Gasteiger partial charge in [0, 0.05) is 11.8 Å². The molecule has 0 aliphatic carbocycles. The molecule has 1 N–H and O–H groups in total. The van der Waals surface area contributed by atoms with Gasteiger partial charge in [-0.1, -0.05) is 11.3 Å². The molecule has 0 aliphatic heterocycles. The zero-order valence-corrected chi connectivity index (χ0v) is 13.6. The molecule has 0 saturated carbocycles. The Kier molecular flexibility index (Phi) is 4.65. The minimum atomic E-state index is 0.481. The first-order valence-electron chi connectivity index (χ1n) is 6.79. The number of fused-ring (bicyclic) bond motifs is 1. The number of aromatic nitrogens is 1. The van der Waals surface area contributed by atoms with E-state index in [0.717, 1.165) is 32.5 Å². The summed E-state index contributed by atoms with van der Waals surface area (Å²) in [5, 5.41) is 4.14. The summed E-state index contributed by atoms with van der Waals surface area (Å²) in [6.45, 7) is 0.508. The zero-order valence-electron chi connectivity index (χ0n) is 12.0. The molecule has 4 nitrogen and oxygen atoms in total. The highest BCUT2D eigenvalue weighted by Gasteiger charge is 2.05. The third-order valence-electron chi connectivity index (χ3n) is 3.05. The molecule has 0 aliphatic rings. The Morgan fingerprint density at radius 3 is 2.64 bits per heavy atom. The second-order valence-electron chi connectivity index (χ2n) is 4.54. The maximum atomic E-state index is 5.60. The van der Waals surface area contributed by atoms with Gasteiger partial charge in [-0.25, -0.2) is 4.98 Å². The van der Waals surface area contributed by atoms with Crippen molar-refractivity contribution in [1.29, 1.82) is 0 Å². The fraction of sp³-hybridized carbons (Fsp3) is 0.188. The summed E-state index contributed by atoms with van der Waals surface area (Å²) in [4.78, 5) is 4.57. The van der Waals surface area contributed by atoms with Crippen molar-refractivity contribution >= 4 is 44.0 Å². The Bertz CT molecular complexity index is 758. The van der Waals surface area contributed by atoms with Crippen LogP contribution in [0.15, 0.2) is 42.5 Å². The SMILES string of the molecule is COc1ccc2sc(Nc3ccc(OCCCl)cc3)nc2c1. The van der Waals surface area contributed by atoms with Crippen molar-refractivity contribution in [2.75, 3.05) is 24.9 Å². The number of thiazole rings is 1. The molecule has 3 rings (SSSR count). The van der Waals surface area contributed by atoms with Gasteiger partial charge >= 0.3 is 0 Å². The van der Waals surface area contributed by atoms with Gasteiger partial charge in [0.15, 0.2) is 5.13 Å². The summed E-state index contributed by atoms with van der Waals surface area (Å²) < 4.78 is 11.8. The smallest absolute Gasteiger partial charge is 0.188 e. The number of rotatable bonds is 6. The third kappa shape index (κ3) is 3.43. The summed E-state index contributed by atoms with van der Waals surface area (Å²) in [5.41, 5.74) is 1.89. The number of alkyl halides is 1. The van der Waals surface area contributed by atoms with Gasteiger partial charge in [-0.15, -0.1) is 11.6 Å². The predicted octanol–water partition coefficient (Wildman–Crippen LogP) is 4.67. The molecule has 0 fully saturated rings. The Morgan fingerprint density at radius 1 is 1.14 bits per heavy atom. The highest BCUT2D eigenvalue weighted by molar-refractivity contribution is 7.22. The Morgan fingerprint density at radius 2 is 1.91 bits per heavy atom. The van der Waals surface area contributed by atoms with Gasteiger partial charge in [-0.3, -0.25) is 0 Å². The van der Waals surface area contributed by atoms with E-state index < -0.39 is 0 Å². The van der Waals surface area contributed by atoms with Crippen LogP contribution in [-0.2, 0) is 0 Å². The van der Waals surface area contributed by atoms with Crippen molar-refractivity contribution in [2.45, 2.75) is 0 Å². The fourth-order valence-electron chi connectivity index (χ4n) is 2.00. The molecule has 22 heavy (non-hydrogen) atoms. The van der Waals surface area contributed by atoms with E-state index in [1.807, 2.05) is 42.5 Å². The molecule has 0 radical (unpaired) electrons. The van der Waals surface area contributed by atoms with E-state index in [1.54, 1.807) is 18.4 Å². The second-order valence-corrected chi connectivity index (χ2v) is 5.95. The molecular weight excluding hydrogens is 320 g/mol. The summed E-state index contributed by atoms with van der Waals surface area (Å²) in [5.74, 6) is 2.10.